The van der Waals surface area contributed by atoms with E-state index >= 15 is 0 Å². The maximum atomic E-state index is 12.9. The van der Waals surface area contributed by atoms with Crippen molar-refractivity contribution in [2.75, 3.05) is 12.3 Å². The Bertz CT molecular complexity index is 596. The maximum Gasteiger partial charge on any atom is 0.245 e. The van der Waals surface area contributed by atoms with E-state index in [1.165, 1.54) is 0 Å². The minimum atomic E-state index is -3.54. The number of nitrogen functional groups attached to an aromatic ring is 1. The van der Waals surface area contributed by atoms with Crippen LogP contribution in [0.15, 0.2) is 26.0 Å². The lowest BCUT2D eigenvalue weighted by atomic mass is 9.97. The number of hydrogen-bond acceptors (Lipinski definition) is 3. The number of nitrogens with two attached hydrogens (primary N) is 1. The molecule has 1 fully saturated rings. The highest BCUT2D eigenvalue weighted by atomic mass is 79.9. The van der Waals surface area contributed by atoms with Gasteiger partial charge in [-0.1, -0.05) is 6.92 Å². The van der Waals surface area contributed by atoms with Crippen LogP contribution in [-0.2, 0) is 10.0 Å². The van der Waals surface area contributed by atoms with Gasteiger partial charge in [-0.25, -0.2) is 8.42 Å². The highest BCUT2D eigenvalue weighted by molar-refractivity contribution is 9.11. The number of anilines is 1. The van der Waals surface area contributed by atoms with Crippen LogP contribution in [-0.4, -0.2) is 25.3 Å². The largest absolute Gasteiger partial charge is 0.399 e. The zero-order valence-electron chi connectivity index (χ0n) is 11.4. The lowest BCUT2D eigenvalue weighted by Crippen LogP contribution is -2.45. The Morgan fingerprint density at radius 2 is 1.75 bits per heavy atom. The van der Waals surface area contributed by atoms with Gasteiger partial charge in [-0.2, -0.15) is 4.31 Å². The molecule has 2 atom stereocenters. The quantitative estimate of drug-likeness (QED) is 0.736. The normalized spacial score (nSPS) is 24.8. The van der Waals surface area contributed by atoms with Crippen LogP contribution in [0, 0.1) is 5.92 Å². The lowest BCUT2D eigenvalue weighted by Gasteiger charge is -2.36. The summed E-state index contributed by atoms with van der Waals surface area (Å²) in [5.74, 6) is 0.382. The van der Waals surface area contributed by atoms with Crippen LogP contribution in [0.25, 0.3) is 0 Å². The predicted molar refractivity (Wildman–Crippen MR) is 88.0 cm³/mol. The van der Waals surface area contributed by atoms with E-state index in [1.807, 2.05) is 6.92 Å². The Kier molecular flexibility index (Phi) is 4.83. The fourth-order valence-corrected chi connectivity index (χ4v) is 6.85. The molecule has 7 heteroatoms. The Morgan fingerprint density at radius 3 is 2.30 bits per heavy atom. The standard InChI is InChI=1S/C13H18Br2N2O2S/c1-8-3-4-9(2)17(7-8)20(18,19)13-11(14)5-10(16)6-12(13)15/h5-6,8-9H,3-4,7,16H2,1-2H3. The molecule has 1 aromatic rings. The fraction of sp³-hybridized carbons (Fsp3) is 0.538. The highest BCUT2D eigenvalue weighted by Crippen LogP contribution is 2.37. The summed E-state index contributed by atoms with van der Waals surface area (Å²) in [5, 5.41) is 0. The van der Waals surface area contributed by atoms with Gasteiger partial charge in [0.15, 0.2) is 0 Å². The summed E-state index contributed by atoms with van der Waals surface area (Å²) in [6.07, 6.45) is 1.96. The van der Waals surface area contributed by atoms with Crippen LogP contribution in [0.2, 0.25) is 0 Å². The number of nitrogens with zero attached hydrogens (tertiary/aromatic N) is 1. The monoisotopic (exact) mass is 424 g/mol. The van der Waals surface area contributed by atoms with E-state index in [2.05, 4.69) is 38.8 Å². The second kappa shape index (κ2) is 5.94. The first kappa shape index (κ1) is 16.3. The molecule has 0 bridgehead atoms. The van der Waals surface area contributed by atoms with E-state index in [0.29, 0.717) is 27.1 Å². The second-order valence-corrected chi connectivity index (χ2v) is 8.96. The molecule has 1 saturated heterocycles. The molecule has 1 aliphatic heterocycles. The average Bonchev–Trinajstić information content (AvgIpc) is 2.30. The Balaban J connectivity index is 2.50. The zero-order valence-corrected chi connectivity index (χ0v) is 15.4. The third-order valence-electron chi connectivity index (χ3n) is 3.65. The van der Waals surface area contributed by atoms with Crippen LogP contribution in [0.5, 0.6) is 0 Å². The molecule has 0 saturated carbocycles. The Hall–Kier alpha value is -0.110. The molecular formula is C13H18Br2N2O2S. The highest BCUT2D eigenvalue weighted by Gasteiger charge is 2.35. The van der Waals surface area contributed by atoms with Crippen molar-refractivity contribution in [3.05, 3.63) is 21.1 Å². The van der Waals surface area contributed by atoms with Crippen LogP contribution >= 0.6 is 31.9 Å². The molecule has 4 nitrogen and oxygen atoms in total. The first-order valence-corrected chi connectivity index (χ1v) is 9.52. The Labute approximate surface area is 137 Å². The lowest BCUT2D eigenvalue weighted by molar-refractivity contribution is 0.218. The first-order valence-electron chi connectivity index (χ1n) is 6.50. The van der Waals surface area contributed by atoms with Crippen molar-refractivity contribution in [1.29, 1.82) is 0 Å². The molecule has 1 aliphatic rings. The average molecular weight is 426 g/mol. The van der Waals surface area contributed by atoms with Crippen molar-refractivity contribution in [3.63, 3.8) is 0 Å². The van der Waals surface area contributed by atoms with Crippen LogP contribution in [0.4, 0.5) is 5.69 Å². The number of benzene rings is 1. The molecule has 0 aliphatic carbocycles. The third-order valence-corrected chi connectivity index (χ3v) is 7.51. The smallest absolute Gasteiger partial charge is 0.245 e. The van der Waals surface area contributed by atoms with Gasteiger partial charge in [0.05, 0.1) is 0 Å². The number of rotatable bonds is 2. The molecule has 1 heterocycles. The van der Waals surface area contributed by atoms with Gasteiger partial charge in [-0.15, -0.1) is 0 Å². The topological polar surface area (TPSA) is 63.4 Å². The van der Waals surface area contributed by atoms with Gasteiger partial charge >= 0.3 is 0 Å². The summed E-state index contributed by atoms with van der Waals surface area (Å²) >= 11 is 6.64. The Morgan fingerprint density at radius 1 is 1.20 bits per heavy atom. The van der Waals surface area contributed by atoms with Crippen molar-refractivity contribution in [1.82, 2.24) is 4.31 Å². The fourth-order valence-electron chi connectivity index (χ4n) is 2.53. The SMILES string of the molecule is CC1CCC(C)N(S(=O)(=O)c2c(Br)cc(N)cc2Br)C1. The summed E-state index contributed by atoms with van der Waals surface area (Å²) in [7, 11) is -3.54. The minimum Gasteiger partial charge on any atom is -0.399 e. The number of piperidine rings is 1. The second-order valence-electron chi connectivity index (χ2n) is 5.42. The van der Waals surface area contributed by atoms with Gasteiger partial charge in [-0.05, 0) is 69.7 Å². The van der Waals surface area contributed by atoms with E-state index < -0.39 is 10.0 Å². The number of hydrogen-bond donors (Lipinski definition) is 1. The predicted octanol–water partition coefficient (Wildman–Crippen LogP) is 3.60. The van der Waals surface area contributed by atoms with Crippen molar-refractivity contribution >= 4 is 47.6 Å². The molecule has 0 aromatic heterocycles. The van der Waals surface area contributed by atoms with Crippen LogP contribution in [0.3, 0.4) is 0 Å². The molecule has 2 rings (SSSR count). The molecule has 20 heavy (non-hydrogen) atoms. The summed E-state index contributed by atoms with van der Waals surface area (Å²) < 4.78 is 28.4. The van der Waals surface area contributed by atoms with Crippen LogP contribution in [0.1, 0.15) is 26.7 Å². The van der Waals surface area contributed by atoms with Crippen LogP contribution < -0.4 is 5.73 Å². The molecular weight excluding hydrogens is 408 g/mol. The van der Waals surface area contributed by atoms with Gasteiger partial charge in [0.25, 0.3) is 0 Å². The van der Waals surface area contributed by atoms with Gasteiger partial charge in [-0.3, -0.25) is 0 Å². The van der Waals surface area contributed by atoms with E-state index in [4.69, 9.17) is 5.73 Å². The zero-order chi connectivity index (χ0) is 15.1. The molecule has 0 amide bonds. The van der Waals surface area contributed by atoms with Gasteiger partial charge in [0, 0.05) is 27.2 Å². The molecule has 0 spiro atoms. The van der Waals surface area contributed by atoms with Crippen molar-refractivity contribution in [3.8, 4) is 0 Å². The molecule has 1 aromatic carbocycles. The first-order chi connectivity index (χ1) is 9.23. The molecule has 0 radical (unpaired) electrons. The minimum absolute atomic E-state index is 0.0209. The van der Waals surface area contributed by atoms with Gasteiger partial charge < -0.3 is 5.73 Å². The summed E-state index contributed by atoms with van der Waals surface area (Å²) in [4.78, 5) is 0.257. The van der Waals surface area contributed by atoms with E-state index in [0.717, 1.165) is 12.8 Å². The summed E-state index contributed by atoms with van der Waals surface area (Å²) in [6.45, 7) is 4.61. The van der Waals surface area contributed by atoms with Crippen molar-refractivity contribution in [2.24, 2.45) is 5.92 Å². The van der Waals surface area contributed by atoms with Crippen molar-refractivity contribution in [2.45, 2.75) is 37.6 Å². The molecule has 2 N–H and O–H groups in total. The number of sulfonamides is 1. The third kappa shape index (κ3) is 3.05. The van der Waals surface area contributed by atoms with E-state index in [1.54, 1.807) is 16.4 Å². The van der Waals surface area contributed by atoms with E-state index in [9.17, 15) is 8.42 Å². The van der Waals surface area contributed by atoms with Crippen molar-refractivity contribution < 1.29 is 8.42 Å². The van der Waals surface area contributed by atoms with E-state index in [-0.39, 0.29) is 10.9 Å². The maximum absolute atomic E-state index is 12.9. The number of halogens is 2. The molecule has 2 unspecified atom stereocenters. The summed E-state index contributed by atoms with van der Waals surface area (Å²) in [5.41, 5.74) is 6.25. The molecule has 112 valence electrons. The van der Waals surface area contributed by atoms with Gasteiger partial charge in [0.1, 0.15) is 4.90 Å². The summed E-state index contributed by atoms with van der Waals surface area (Å²) in [6, 6.07) is 3.26. The van der Waals surface area contributed by atoms with Gasteiger partial charge in [0.2, 0.25) is 10.0 Å².